The summed E-state index contributed by atoms with van der Waals surface area (Å²) in [7, 11) is 0. The lowest BCUT2D eigenvalue weighted by Crippen LogP contribution is -2.39. The quantitative estimate of drug-likeness (QED) is 0.611. The van der Waals surface area contributed by atoms with Crippen molar-refractivity contribution in [1.82, 2.24) is 10.6 Å². The van der Waals surface area contributed by atoms with Gasteiger partial charge in [0.25, 0.3) is 0 Å². The molecule has 0 aromatic heterocycles. The third kappa shape index (κ3) is 3.72. The molecule has 1 heterocycles. The number of carboxylic acids is 1. The van der Waals surface area contributed by atoms with Crippen molar-refractivity contribution in [2.45, 2.75) is 20.3 Å². The van der Waals surface area contributed by atoms with Crippen molar-refractivity contribution in [1.29, 1.82) is 0 Å². The smallest absolute Gasteiger partial charge is 0.308 e. The fourth-order valence-electron chi connectivity index (χ4n) is 1.75. The van der Waals surface area contributed by atoms with Gasteiger partial charge in [-0.15, -0.1) is 0 Å². The van der Waals surface area contributed by atoms with Crippen LogP contribution in [0.2, 0.25) is 0 Å². The molecule has 1 fully saturated rings. The van der Waals surface area contributed by atoms with E-state index in [1.54, 1.807) is 13.8 Å². The van der Waals surface area contributed by atoms with Crippen molar-refractivity contribution in [2.24, 2.45) is 17.8 Å². The average Bonchev–Trinajstić information content (AvgIpc) is 2.63. The summed E-state index contributed by atoms with van der Waals surface area (Å²) in [5, 5.41) is 14.1. The van der Waals surface area contributed by atoms with Crippen LogP contribution in [0.5, 0.6) is 0 Å². The molecule has 3 N–H and O–H groups in total. The Morgan fingerprint density at radius 3 is 2.59 bits per heavy atom. The average molecular weight is 242 g/mol. The Balaban J connectivity index is 2.41. The number of nitrogens with one attached hydrogen (secondary N) is 2. The molecule has 2 amide bonds. The van der Waals surface area contributed by atoms with Crippen LogP contribution in [0.15, 0.2) is 0 Å². The molecule has 2 unspecified atom stereocenters. The van der Waals surface area contributed by atoms with Crippen LogP contribution in [-0.2, 0) is 14.4 Å². The summed E-state index contributed by atoms with van der Waals surface area (Å²) in [6.07, 6.45) is 0.186. The Bertz CT molecular complexity index is 327. The fraction of sp³-hybridized carbons (Fsp3) is 0.727. The van der Waals surface area contributed by atoms with Crippen molar-refractivity contribution in [3.63, 3.8) is 0 Å². The molecule has 0 saturated carbocycles. The molecular weight excluding hydrogens is 224 g/mol. The molecule has 1 aliphatic rings. The van der Waals surface area contributed by atoms with E-state index in [9.17, 15) is 14.4 Å². The van der Waals surface area contributed by atoms with Gasteiger partial charge in [-0.2, -0.15) is 0 Å². The molecule has 1 rings (SSSR count). The van der Waals surface area contributed by atoms with Gasteiger partial charge < -0.3 is 15.7 Å². The van der Waals surface area contributed by atoms with Crippen LogP contribution in [0.3, 0.4) is 0 Å². The maximum atomic E-state index is 11.6. The molecule has 0 radical (unpaired) electrons. The summed E-state index contributed by atoms with van der Waals surface area (Å²) in [4.78, 5) is 33.5. The van der Waals surface area contributed by atoms with Gasteiger partial charge in [-0.3, -0.25) is 14.4 Å². The van der Waals surface area contributed by atoms with Gasteiger partial charge in [0, 0.05) is 19.5 Å². The van der Waals surface area contributed by atoms with Crippen LogP contribution >= 0.6 is 0 Å². The number of carbonyl (C=O) groups is 3. The number of aliphatic carboxylic acids is 1. The van der Waals surface area contributed by atoms with Gasteiger partial charge in [-0.1, -0.05) is 13.8 Å². The van der Waals surface area contributed by atoms with E-state index in [-0.39, 0.29) is 36.6 Å². The molecule has 0 bridgehead atoms. The van der Waals surface area contributed by atoms with E-state index in [0.717, 1.165) is 0 Å². The van der Waals surface area contributed by atoms with Crippen LogP contribution < -0.4 is 10.6 Å². The third-order valence-electron chi connectivity index (χ3n) is 2.97. The predicted molar refractivity (Wildman–Crippen MR) is 60.1 cm³/mol. The molecule has 1 saturated heterocycles. The van der Waals surface area contributed by atoms with Crippen molar-refractivity contribution < 1.29 is 19.5 Å². The van der Waals surface area contributed by atoms with E-state index in [2.05, 4.69) is 10.6 Å². The zero-order valence-corrected chi connectivity index (χ0v) is 10.0. The molecule has 0 aromatic rings. The molecule has 0 aromatic carbocycles. The van der Waals surface area contributed by atoms with Crippen LogP contribution in [-0.4, -0.2) is 36.0 Å². The Kier molecular flexibility index (Phi) is 4.48. The Labute approximate surface area is 99.8 Å². The summed E-state index contributed by atoms with van der Waals surface area (Å²) < 4.78 is 0. The maximum absolute atomic E-state index is 11.6. The SMILES string of the molecule is CC(C)C(CNC(=O)C1CNC(=O)C1)C(=O)O. The monoisotopic (exact) mass is 242 g/mol. The van der Waals surface area contributed by atoms with Crippen LogP contribution in [0.4, 0.5) is 0 Å². The minimum Gasteiger partial charge on any atom is -0.481 e. The lowest BCUT2D eigenvalue weighted by atomic mass is 9.95. The Morgan fingerprint density at radius 1 is 1.53 bits per heavy atom. The second-order valence-corrected chi connectivity index (χ2v) is 4.64. The van der Waals surface area contributed by atoms with Crippen molar-refractivity contribution >= 4 is 17.8 Å². The molecule has 6 heteroatoms. The zero-order valence-electron chi connectivity index (χ0n) is 10.0. The second-order valence-electron chi connectivity index (χ2n) is 4.64. The van der Waals surface area contributed by atoms with Gasteiger partial charge in [0.15, 0.2) is 0 Å². The van der Waals surface area contributed by atoms with Gasteiger partial charge in [0.1, 0.15) is 0 Å². The van der Waals surface area contributed by atoms with Gasteiger partial charge in [-0.05, 0) is 5.92 Å². The van der Waals surface area contributed by atoms with Gasteiger partial charge in [0.2, 0.25) is 11.8 Å². The Hall–Kier alpha value is -1.59. The van der Waals surface area contributed by atoms with E-state index in [1.807, 2.05) is 0 Å². The second kappa shape index (κ2) is 5.65. The number of hydrogen-bond donors (Lipinski definition) is 3. The first-order chi connectivity index (χ1) is 7.91. The summed E-state index contributed by atoms with van der Waals surface area (Å²) in [6, 6.07) is 0. The van der Waals surface area contributed by atoms with E-state index in [0.29, 0.717) is 6.54 Å². The highest BCUT2D eigenvalue weighted by atomic mass is 16.4. The zero-order chi connectivity index (χ0) is 13.0. The van der Waals surface area contributed by atoms with Crippen molar-refractivity contribution in [3.05, 3.63) is 0 Å². The molecule has 0 aliphatic carbocycles. The van der Waals surface area contributed by atoms with Gasteiger partial charge in [-0.25, -0.2) is 0 Å². The largest absolute Gasteiger partial charge is 0.481 e. The highest BCUT2D eigenvalue weighted by Crippen LogP contribution is 2.12. The van der Waals surface area contributed by atoms with Gasteiger partial charge >= 0.3 is 5.97 Å². The van der Waals surface area contributed by atoms with E-state index in [1.165, 1.54) is 0 Å². The number of rotatable bonds is 5. The van der Waals surface area contributed by atoms with Crippen LogP contribution in [0.1, 0.15) is 20.3 Å². The van der Waals surface area contributed by atoms with E-state index >= 15 is 0 Å². The Morgan fingerprint density at radius 2 is 2.18 bits per heavy atom. The first kappa shape index (κ1) is 13.5. The summed E-state index contributed by atoms with van der Waals surface area (Å²) in [5.41, 5.74) is 0. The molecule has 2 atom stereocenters. The molecule has 1 aliphatic heterocycles. The van der Waals surface area contributed by atoms with Crippen LogP contribution in [0.25, 0.3) is 0 Å². The normalized spacial score (nSPS) is 21.1. The first-order valence-corrected chi connectivity index (χ1v) is 5.69. The number of amides is 2. The fourth-order valence-corrected chi connectivity index (χ4v) is 1.75. The third-order valence-corrected chi connectivity index (χ3v) is 2.97. The molecular formula is C11H18N2O4. The minimum atomic E-state index is -0.916. The summed E-state index contributed by atoms with van der Waals surface area (Å²) in [6.45, 7) is 4.04. The predicted octanol–water partition coefficient (Wildman–Crippen LogP) is -0.404. The minimum absolute atomic E-state index is 0.0452. The van der Waals surface area contributed by atoms with Crippen LogP contribution in [0, 0.1) is 17.8 Å². The highest BCUT2D eigenvalue weighted by Gasteiger charge is 2.29. The molecule has 96 valence electrons. The van der Waals surface area contributed by atoms with E-state index in [4.69, 9.17) is 5.11 Å². The molecule has 6 nitrogen and oxygen atoms in total. The standard InChI is InChI=1S/C11H18N2O4/c1-6(2)8(11(16)17)5-13-10(15)7-3-9(14)12-4-7/h6-8H,3-5H2,1-2H3,(H,12,14)(H,13,15)(H,16,17). The number of hydrogen-bond acceptors (Lipinski definition) is 3. The molecule has 0 spiro atoms. The lowest BCUT2D eigenvalue weighted by Gasteiger charge is -2.17. The van der Waals surface area contributed by atoms with E-state index < -0.39 is 11.9 Å². The van der Waals surface area contributed by atoms with Crippen molar-refractivity contribution in [2.75, 3.05) is 13.1 Å². The van der Waals surface area contributed by atoms with Crippen molar-refractivity contribution in [3.8, 4) is 0 Å². The highest BCUT2D eigenvalue weighted by molar-refractivity contribution is 5.89. The maximum Gasteiger partial charge on any atom is 0.308 e. The number of carboxylic acid groups (broad SMARTS) is 1. The summed E-state index contributed by atoms with van der Waals surface area (Å²) in [5.74, 6) is -2.32. The lowest BCUT2D eigenvalue weighted by molar-refractivity contribution is -0.143. The first-order valence-electron chi connectivity index (χ1n) is 5.69. The topological polar surface area (TPSA) is 95.5 Å². The molecule has 17 heavy (non-hydrogen) atoms. The number of carbonyl (C=O) groups excluding carboxylic acids is 2. The summed E-state index contributed by atoms with van der Waals surface area (Å²) >= 11 is 0. The van der Waals surface area contributed by atoms with Gasteiger partial charge in [0.05, 0.1) is 11.8 Å².